The molecule has 0 aromatic heterocycles. The van der Waals surface area contributed by atoms with E-state index in [9.17, 15) is 0 Å². The molecule has 0 amide bonds. The van der Waals surface area contributed by atoms with Crippen LogP contribution in [0.1, 0.15) is 0 Å². The summed E-state index contributed by atoms with van der Waals surface area (Å²) in [6.45, 7) is 0. The normalized spacial score (nSPS) is 12.6. The summed E-state index contributed by atoms with van der Waals surface area (Å²) in [4.78, 5) is 3.51. The van der Waals surface area contributed by atoms with Gasteiger partial charge in [0.1, 0.15) is 0 Å². The van der Waals surface area contributed by atoms with Crippen LogP contribution in [0.3, 0.4) is 0 Å². The smallest absolute Gasteiger partial charge is 0.0527 e. The molecule has 3 heteroatoms. The first-order chi connectivity index (χ1) is 7.33. The first kappa shape index (κ1) is 9.19. The van der Waals surface area contributed by atoms with Gasteiger partial charge in [-0.1, -0.05) is 23.9 Å². The Balaban J connectivity index is 2.11. The highest BCUT2D eigenvalue weighted by atomic mass is 32.2. The van der Waals surface area contributed by atoms with Gasteiger partial charge in [0.05, 0.1) is 11.4 Å². The van der Waals surface area contributed by atoms with Gasteiger partial charge in [-0.3, -0.25) is 0 Å². The summed E-state index contributed by atoms with van der Waals surface area (Å²) in [5, 5.41) is 3.41. The lowest BCUT2D eigenvalue weighted by Gasteiger charge is -2.20. The van der Waals surface area contributed by atoms with Crippen molar-refractivity contribution in [1.29, 1.82) is 0 Å². The van der Waals surface area contributed by atoms with E-state index >= 15 is 0 Å². The van der Waals surface area contributed by atoms with Crippen LogP contribution in [-0.4, -0.2) is 0 Å². The third-order valence-electron chi connectivity index (χ3n) is 2.34. The fraction of sp³-hybridized carbons (Fsp3) is 0. The Morgan fingerprint density at radius 3 is 2.67 bits per heavy atom. The van der Waals surface area contributed by atoms with Crippen molar-refractivity contribution in [3.8, 4) is 0 Å². The quantitative estimate of drug-likeness (QED) is 0.563. The Hall–Kier alpha value is -1.06. The number of hydrogen-bond acceptors (Lipinski definition) is 3. The van der Waals surface area contributed by atoms with Crippen molar-refractivity contribution in [3.63, 3.8) is 0 Å². The van der Waals surface area contributed by atoms with Gasteiger partial charge in [-0.25, -0.2) is 0 Å². The van der Waals surface area contributed by atoms with Crippen molar-refractivity contribution in [2.75, 3.05) is 5.32 Å². The summed E-state index contributed by atoms with van der Waals surface area (Å²) < 4.78 is 0. The molecule has 0 unspecified atom stereocenters. The van der Waals surface area contributed by atoms with E-state index in [2.05, 4.69) is 48.3 Å². The van der Waals surface area contributed by atoms with Gasteiger partial charge < -0.3 is 5.32 Å². The summed E-state index contributed by atoms with van der Waals surface area (Å²) in [7, 11) is 0. The van der Waals surface area contributed by atoms with E-state index < -0.39 is 0 Å². The standard InChI is InChI=1S/C12H9NS2/c14-8-5-6-10-12(7-8)15-11-4-2-1-3-9(11)13-10/h1-7,13-14H. The molecule has 1 aliphatic rings. The molecule has 0 aliphatic carbocycles. The lowest BCUT2D eigenvalue weighted by atomic mass is 10.2. The molecule has 1 heterocycles. The fourth-order valence-electron chi connectivity index (χ4n) is 1.62. The van der Waals surface area contributed by atoms with Crippen LogP contribution in [0.4, 0.5) is 11.4 Å². The van der Waals surface area contributed by atoms with Gasteiger partial charge in [0, 0.05) is 14.7 Å². The van der Waals surface area contributed by atoms with E-state index in [1.807, 2.05) is 12.1 Å². The predicted molar refractivity (Wildman–Crippen MR) is 67.5 cm³/mol. The van der Waals surface area contributed by atoms with Gasteiger partial charge in [-0.15, -0.1) is 12.6 Å². The monoisotopic (exact) mass is 231 g/mol. The highest BCUT2D eigenvalue weighted by molar-refractivity contribution is 7.99. The molecule has 2 aromatic carbocycles. The maximum Gasteiger partial charge on any atom is 0.0527 e. The van der Waals surface area contributed by atoms with Crippen LogP contribution in [0.5, 0.6) is 0 Å². The molecule has 0 radical (unpaired) electrons. The van der Waals surface area contributed by atoms with Gasteiger partial charge in [-0.05, 0) is 30.3 Å². The maximum atomic E-state index is 4.35. The van der Waals surface area contributed by atoms with E-state index in [4.69, 9.17) is 0 Å². The van der Waals surface area contributed by atoms with Crippen LogP contribution in [0, 0.1) is 0 Å². The van der Waals surface area contributed by atoms with Crippen LogP contribution in [0.2, 0.25) is 0 Å². The first-order valence-corrected chi connectivity index (χ1v) is 5.96. The minimum absolute atomic E-state index is 1.00. The molecule has 0 atom stereocenters. The average Bonchev–Trinajstić information content (AvgIpc) is 2.26. The highest BCUT2D eigenvalue weighted by Crippen LogP contribution is 2.44. The molecule has 1 nitrogen and oxygen atoms in total. The topological polar surface area (TPSA) is 12.0 Å². The number of nitrogens with one attached hydrogen (secondary N) is 1. The minimum atomic E-state index is 1.00. The molecule has 0 saturated heterocycles. The van der Waals surface area contributed by atoms with Crippen LogP contribution < -0.4 is 5.32 Å². The van der Waals surface area contributed by atoms with Crippen molar-refractivity contribution in [2.24, 2.45) is 0 Å². The Morgan fingerprint density at radius 2 is 1.73 bits per heavy atom. The Labute approximate surface area is 98.3 Å². The maximum absolute atomic E-state index is 4.35. The average molecular weight is 231 g/mol. The van der Waals surface area contributed by atoms with E-state index in [1.165, 1.54) is 15.5 Å². The number of benzene rings is 2. The van der Waals surface area contributed by atoms with Crippen molar-refractivity contribution in [1.82, 2.24) is 0 Å². The Morgan fingerprint density at radius 1 is 0.933 bits per heavy atom. The molecule has 1 aliphatic heterocycles. The number of para-hydroxylation sites is 1. The molecule has 0 spiro atoms. The summed E-state index contributed by atoms with van der Waals surface area (Å²) in [6.07, 6.45) is 0. The molecule has 15 heavy (non-hydrogen) atoms. The lowest BCUT2D eigenvalue weighted by Crippen LogP contribution is -1.98. The van der Waals surface area contributed by atoms with E-state index in [0.717, 1.165) is 10.6 Å². The molecule has 2 aromatic rings. The van der Waals surface area contributed by atoms with Gasteiger partial charge >= 0.3 is 0 Å². The number of rotatable bonds is 0. The van der Waals surface area contributed by atoms with Gasteiger partial charge in [-0.2, -0.15) is 0 Å². The van der Waals surface area contributed by atoms with Gasteiger partial charge in [0.15, 0.2) is 0 Å². The van der Waals surface area contributed by atoms with Crippen molar-refractivity contribution < 1.29 is 0 Å². The largest absolute Gasteiger partial charge is 0.354 e. The van der Waals surface area contributed by atoms with Crippen LogP contribution >= 0.6 is 24.4 Å². The zero-order valence-electron chi connectivity index (χ0n) is 7.90. The number of fused-ring (bicyclic) bond motifs is 2. The lowest BCUT2D eigenvalue weighted by molar-refractivity contribution is 1.27. The summed E-state index contributed by atoms with van der Waals surface area (Å²) in [6, 6.07) is 14.5. The van der Waals surface area contributed by atoms with E-state index in [1.54, 1.807) is 11.8 Å². The molecule has 3 rings (SSSR count). The zero-order valence-corrected chi connectivity index (χ0v) is 9.61. The fourth-order valence-corrected chi connectivity index (χ4v) is 2.94. The summed E-state index contributed by atoms with van der Waals surface area (Å²) in [5.74, 6) is 0. The molecule has 74 valence electrons. The second kappa shape index (κ2) is 3.51. The second-order valence-electron chi connectivity index (χ2n) is 3.40. The number of thiol groups is 1. The van der Waals surface area contributed by atoms with Gasteiger partial charge in [0.2, 0.25) is 0 Å². The SMILES string of the molecule is Sc1ccc2c(c1)Sc1ccccc1N2. The van der Waals surface area contributed by atoms with E-state index in [-0.39, 0.29) is 0 Å². The molecule has 0 bridgehead atoms. The van der Waals surface area contributed by atoms with Crippen molar-refractivity contribution in [3.05, 3.63) is 42.5 Å². The van der Waals surface area contributed by atoms with E-state index in [0.29, 0.717) is 0 Å². The number of hydrogen-bond donors (Lipinski definition) is 2. The predicted octanol–water partition coefficient (Wildman–Crippen LogP) is 4.18. The third-order valence-corrected chi connectivity index (χ3v) is 3.75. The van der Waals surface area contributed by atoms with Crippen LogP contribution in [0.15, 0.2) is 57.2 Å². The third kappa shape index (κ3) is 1.62. The second-order valence-corrected chi connectivity index (χ2v) is 5.00. The van der Waals surface area contributed by atoms with Crippen LogP contribution in [-0.2, 0) is 0 Å². The Bertz CT molecular complexity index is 523. The summed E-state index contributed by atoms with van der Waals surface area (Å²) >= 11 is 6.13. The van der Waals surface area contributed by atoms with Gasteiger partial charge in [0.25, 0.3) is 0 Å². The molecule has 1 N–H and O–H groups in total. The molecular formula is C12H9NS2. The van der Waals surface area contributed by atoms with Crippen molar-refractivity contribution in [2.45, 2.75) is 14.7 Å². The summed E-state index contributed by atoms with van der Waals surface area (Å²) in [5.41, 5.74) is 2.35. The number of anilines is 2. The minimum Gasteiger partial charge on any atom is -0.354 e. The molecule has 0 fully saturated rings. The highest BCUT2D eigenvalue weighted by Gasteiger charge is 2.14. The van der Waals surface area contributed by atoms with Crippen molar-refractivity contribution >= 4 is 35.8 Å². The molecule has 0 saturated carbocycles. The first-order valence-electron chi connectivity index (χ1n) is 4.70. The molecular weight excluding hydrogens is 222 g/mol. The Kier molecular flexibility index (Phi) is 2.15. The van der Waals surface area contributed by atoms with Crippen LogP contribution in [0.25, 0.3) is 0 Å². The zero-order chi connectivity index (χ0) is 10.3.